The summed E-state index contributed by atoms with van der Waals surface area (Å²) in [6, 6.07) is 4.58. The molecule has 0 saturated carbocycles. The van der Waals surface area contributed by atoms with E-state index >= 15 is 0 Å². The zero-order valence-electron chi connectivity index (χ0n) is 11.7. The third-order valence-corrected chi connectivity index (χ3v) is 3.47. The summed E-state index contributed by atoms with van der Waals surface area (Å²) in [5.74, 6) is -1.17. The standard InChI is InChI=1S/C15H14F2N4O/c16-4-5-21-8-10(6-19-21)7-20-9-11(15(18)22)14-12(17)2-1-3-13(14)20/h1-3,6,8-9H,4-5,7H2,(H2,18,22). The van der Waals surface area contributed by atoms with Crippen molar-refractivity contribution >= 4 is 16.8 Å². The Labute approximate surface area is 124 Å². The highest BCUT2D eigenvalue weighted by Crippen LogP contribution is 2.25. The van der Waals surface area contributed by atoms with Crippen molar-refractivity contribution in [3.63, 3.8) is 0 Å². The van der Waals surface area contributed by atoms with Crippen molar-refractivity contribution in [2.45, 2.75) is 13.1 Å². The van der Waals surface area contributed by atoms with Gasteiger partial charge in [-0.3, -0.25) is 9.48 Å². The molecular weight excluding hydrogens is 290 g/mol. The summed E-state index contributed by atoms with van der Waals surface area (Å²) >= 11 is 0. The molecule has 0 saturated heterocycles. The lowest BCUT2D eigenvalue weighted by atomic mass is 10.1. The van der Waals surface area contributed by atoms with Crippen LogP contribution < -0.4 is 5.73 Å². The first-order valence-corrected chi connectivity index (χ1v) is 6.74. The van der Waals surface area contributed by atoms with Gasteiger partial charge in [0.15, 0.2) is 0 Å². The summed E-state index contributed by atoms with van der Waals surface area (Å²) in [6.45, 7) is 0.0811. The zero-order chi connectivity index (χ0) is 15.7. The van der Waals surface area contributed by atoms with E-state index in [-0.39, 0.29) is 17.5 Å². The van der Waals surface area contributed by atoms with Crippen LogP contribution in [0.4, 0.5) is 8.78 Å². The maximum absolute atomic E-state index is 14.0. The third-order valence-electron chi connectivity index (χ3n) is 3.47. The smallest absolute Gasteiger partial charge is 0.250 e. The number of aromatic nitrogens is 3. The Kier molecular flexibility index (Phi) is 3.62. The molecule has 0 unspecified atom stereocenters. The molecule has 3 aromatic rings. The van der Waals surface area contributed by atoms with Crippen molar-refractivity contribution in [2.75, 3.05) is 6.67 Å². The van der Waals surface area contributed by atoms with Crippen molar-refractivity contribution in [1.82, 2.24) is 14.3 Å². The molecule has 7 heteroatoms. The number of carbonyl (C=O) groups excluding carboxylic acids is 1. The fourth-order valence-corrected chi connectivity index (χ4v) is 2.52. The highest BCUT2D eigenvalue weighted by molar-refractivity contribution is 6.06. The van der Waals surface area contributed by atoms with Crippen LogP contribution in [-0.2, 0) is 13.1 Å². The van der Waals surface area contributed by atoms with Gasteiger partial charge in [-0.25, -0.2) is 8.78 Å². The first-order chi connectivity index (χ1) is 10.6. The van der Waals surface area contributed by atoms with E-state index in [4.69, 9.17) is 5.73 Å². The van der Waals surface area contributed by atoms with Gasteiger partial charge in [0.25, 0.3) is 5.91 Å². The Balaban J connectivity index is 2.03. The fraction of sp³-hybridized carbons (Fsp3) is 0.200. The van der Waals surface area contributed by atoms with Crippen LogP contribution in [0, 0.1) is 5.82 Å². The van der Waals surface area contributed by atoms with Gasteiger partial charge in [-0.05, 0) is 12.1 Å². The highest BCUT2D eigenvalue weighted by Gasteiger charge is 2.16. The monoisotopic (exact) mass is 304 g/mol. The maximum Gasteiger partial charge on any atom is 0.250 e. The Hall–Kier alpha value is -2.70. The molecule has 0 aliphatic rings. The molecule has 0 spiro atoms. The first kappa shape index (κ1) is 14.2. The predicted molar refractivity (Wildman–Crippen MR) is 77.7 cm³/mol. The Bertz CT molecular complexity index is 837. The largest absolute Gasteiger partial charge is 0.366 e. The number of hydrogen-bond acceptors (Lipinski definition) is 2. The average Bonchev–Trinajstić information content (AvgIpc) is 3.06. The number of primary amides is 1. The van der Waals surface area contributed by atoms with Gasteiger partial charge in [0, 0.05) is 23.3 Å². The molecule has 0 aliphatic carbocycles. The second kappa shape index (κ2) is 5.59. The molecule has 2 aromatic heterocycles. The molecule has 0 radical (unpaired) electrons. The van der Waals surface area contributed by atoms with Gasteiger partial charge >= 0.3 is 0 Å². The van der Waals surface area contributed by atoms with Gasteiger partial charge in [-0.2, -0.15) is 5.10 Å². The molecule has 1 aromatic carbocycles. The molecule has 2 heterocycles. The second-order valence-electron chi connectivity index (χ2n) is 4.97. The van der Waals surface area contributed by atoms with E-state index in [9.17, 15) is 13.6 Å². The molecule has 22 heavy (non-hydrogen) atoms. The highest BCUT2D eigenvalue weighted by atomic mass is 19.1. The minimum absolute atomic E-state index is 0.143. The average molecular weight is 304 g/mol. The van der Waals surface area contributed by atoms with Crippen molar-refractivity contribution in [3.8, 4) is 0 Å². The number of rotatable bonds is 5. The number of alkyl halides is 1. The summed E-state index contributed by atoms with van der Waals surface area (Å²) in [5.41, 5.74) is 6.87. The number of fused-ring (bicyclic) bond motifs is 1. The van der Waals surface area contributed by atoms with Crippen LogP contribution in [0.15, 0.2) is 36.8 Å². The number of amides is 1. The fourth-order valence-electron chi connectivity index (χ4n) is 2.52. The van der Waals surface area contributed by atoms with E-state index in [0.717, 1.165) is 5.56 Å². The van der Waals surface area contributed by atoms with Gasteiger partial charge in [0.05, 0.1) is 30.4 Å². The lowest BCUT2D eigenvalue weighted by Gasteiger charge is -2.03. The number of nitrogens with two attached hydrogens (primary N) is 1. The predicted octanol–water partition coefficient (Wildman–Crippen LogP) is 2.09. The van der Waals surface area contributed by atoms with Crippen LogP contribution in [-0.4, -0.2) is 26.9 Å². The molecule has 0 fully saturated rings. The second-order valence-corrected chi connectivity index (χ2v) is 4.97. The third kappa shape index (κ3) is 2.45. The van der Waals surface area contributed by atoms with E-state index in [1.54, 1.807) is 29.1 Å². The normalized spacial score (nSPS) is 11.2. The number of hydrogen-bond donors (Lipinski definition) is 1. The molecule has 0 atom stereocenters. The maximum atomic E-state index is 14.0. The molecule has 114 valence electrons. The zero-order valence-corrected chi connectivity index (χ0v) is 11.7. The molecule has 5 nitrogen and oxygen atoms in total. The Morgan fingerprint density at radius 1 is 1.32 bits per heavy atom. The van der Waals surface area contributed by atoms with Crippen molar-refractivity contribution in [2.24, 2.45) is 5.73 Å². The molecule has 3 rings (SSSR count). The molecule has 2 N–H and O–H groups in total. The SMILES string of the molecule is NC(=O)c1cn(Cc2cnn(CCF)c2)c2cccc(F)c12. The van der Waals surface area contributed by atoms with Crippen LogP contribution in [0.25, 0.3) is 10.9 Å². The van der Waals surface area contributed by atoms with E-state index in [0.29, 0.717) is 12.1 Å². The first-order valence-electron chi connectivity index (χ1n) is 6.74. The van der Waals surface area contributed by atoms with Crippen LogP contribution in [0.3, 0.4) is 0 Å². The minimum Gasteiger partial charge on any atom is -0.366 e. The summed E-state index contributed by atoms with van der Waals surface area (Å²) in [4.78, 5) is 11.5. The van der Waals surface area contributed by atoms with Gasteiger partial charge in [-0.1, -0.05) is 6.07 Å². The van der Waals surface area contributed by atoms with Crippen molar-refractivity contribution < 1.29 is 13.6 Å². The van der Waals surface area contributed by atoms with E-state index in [2.05, 4.69) is 5.10 Å². The van der Waals surface area contributed by atoms with E-state index < -0.39 is 18.4 Å². The molecule has 0 aliphatic heterocycles. The summed E-state index contributed by atoms with van der Waals surface area (Å²) in [5, 5.41) is 4.25. The lowest BCUT2D eigenvalue weighted by Crippen LogP contribution is -2.10. The summed E-state index contributed by atoms with van der Waals surface area (Å²) in [6.07, 6.45) is 4.86. The van der Waals surface area contributed by atoms with Crippen LogP contribution >= 0.6 is 0 Å². The minimum atomic E-state index is -0.679. The molecule has 1 amide bonds. The topological polar surface area (TPSA) is 65.8 Å². The van der Waals surface area contributed by atoms with Gasteiger partial charge in [0.2, 0.25) is 0 Å². The van der Waals surface area contributed by atoms with Crippen LogP contribution in [0.1, 0.15) is 15.9 Å². The van der Waals surface area contributed by atoms with E-state index in [1.807, 2.05) is 0 Å². The molecule has 0 bridgehead atoms. The summed E-state index contributed by atoms with van der Waals surface area (Å²) in [7, 11) is 0. The van der Waals surface area contributed by atoms with Gasteiger partial charge in [0.1, 0.15) is 12.5 Å². The molecular formula is C15H14F2N4O. The van der Waals surface area contributed by atoms with Crippen LogP contribution in [0.5, 0.6) is 0 Å². The van der Waals surface area contributed by atoms with Crippen molar-refractivity contribution in [3.05, 3.63) is 53.7 Å². The summed E-state index contributed by atoms with van der Waals surface area (Å²) < 4.78 is 29.5. The number of halogens is 2. The van der Waals surface area contributed by atoms with E-state index in [1.165, 1.54) is 16.9 Å². The quantitative estimate of drug-likeness (QED) is 0.784. The van der Waals surface area contributed by atoms with Gasteiger partial charge < -0.3 is 10.3 Å². The van der Waals surface area contributed by atoms with Gasteiger partial charge in [-0.15, -0.1) is 0 Å². The van der Waals surface area contributed by atoms with Crippen LogP contribution in [0.2, 0.25) is 0 Å². The lowest BCUT2D eigenvalue weighted by molar-refractivity contribution is 0.100. The number of benzene rings is 1. The number of aryl methyl sites for hydroxylation is 1. The number of nitrogens with zero attached hydrogens (tertiary/aromatic N) is 3. The van der Waals surface area contributed by atoms with Crippen molar-refractivity contribution in [1.29, 1.82) is 0 Å². The Morgan fingerprint density at radius 3 is 2.86 bits per heavy atom. The number of carbonyl (C=O) groups is 1. The Morgan fingerprint density at radius 2 is 2.14 bits per heavy atom.